The molecular formula is C32H30N4O. The molecule has 0 saturated heterocycles. The molecule has 5 heteroatoms. The van der Waals surface area contributed by atoms with Gasteiger partial charge in [-0.1, -0.05) is 61.5 Å². The van der Waals surface area contributed by atoms with Gasteiger partial charge < -0.3 is 14.5 Å². The number of nitrogens with zero attached hydrogens (tertiary/aromatic N) is 3. The molecule has 6 aromatic rings. The van der Waals surface area contributed by atoms with Crippen molar-refractivity contribution in [2.24, 2.45) is 20.0 Å². The minimum atomic E-state index is -0.220. The second kappa shape index (κ2) is 9.25. The maximum atomic E-state index is 13.5. The van der Waals surface area contributed by atoms with Crippen molar-refractivity contribution in [2.75, 3.05) is 5.32 Å². The van der Waals surface area contributed by atoms with Crippen molar-refractivity contribution in [2.45, 2.75) is 19.3 Å². The van der Waals surface area contributed by atoms with Crippen LogP contribution >= 0.6 is 0 Å². The third-order valence-electron chi connectivity index (χ3n) is 7.53. The van der Waals surface area contributed by atoms with E-state index < -0.39 is 0 Å². The predicted molar refractivity (Wildman–Crippen MR) is 152 cm³/mol. The van der Waals surface area contributed by atoms with Crippen LogP contribution in [0, 0.1) is 5.92 Å². The summed E-state index contributed by atoms with van der Waals surface area (Å²) in [6, 6.07) is 26.8. The first-order valence-corrected chi connectivity index (χ1v) is 12.7. The van der Waals surface area contributed by atoms with Crippen LogP contribution < -0.4 is 5.32 Å². The normalized spacial score (nSPS) is 12.5. The second-order valence-electron chi connectivity index (χ2n) is 9.98. The van der Waals surface area contributed by atoms with Gasteiger partial charge in [0.05, 0.1) is 11.2 Å². The van der Waals surface area contributed by atoms with Crippen LogP contribution in [0.5, 0.6) is 0 Å². The second-order valence-corrected chi connectivity index (χ2v) is 9.98. The molecule has 3 aromatic heterocycles. The summed E-state index contributed by atoms with van der Waals surface area (Å²) < 4.78 is 4.38. The number of aryl methyl sites for hydroxylation is 2. The minimum Gasteiger partial charge on any atom is -0.350 e. The van der Waals surface area contributed by atoms with Gasteiger partial charge in [-0.2, -0.15) is 0 Å². The molecule has 0 aliphatic rings. The molecule has 0 radical (unpaired) electrons. The summed E-state index contributed by atoms with van der Waals surface area (Å²) in [5.41, 5.74) is 6.46. The molecule has 0 spiro atoms. The van der Waals surface area contributed by atoms with Crippen LogP contribution in [0.3, 0.4) is 0 Å². The molecule has 0 bridgehead atoms. The van der Waals surface area contributed by atoms with E-state index in [2.05, 4.69) is 94.5 Å². The van der Waals surface area contributed by atoms with Gasteiger partial charge in [0.15, 0.2) is 0 Å². The monoisotopic (exact) mass is 486 g/mol. The molecule has 1 N–H and O–H groups in total. The first kappa shape index (κ1) is 23.0. The number of rotatable bonds is 6. The number of carbonyl (C=O) groups is 1. The lowest BCUT2D eigenvalue weighted by Crippen LogP contribution is -2.23. The number of aromatic nitrogens is 3. The van der Waals surface area contributed by atoms with Crippen molar-refractivity contribution in [1.82, 2.24) is 14.1 Å². The van der Waals surface area contributed by atoms with Crippen LogP contribution in [0.2, 0.25) is 0 Å². The van der Waals surface area contributed by atoms with E-state index in [1.165, 1.54) is 32.9 Å². The Labute approximate surface area is 216 Å². The summed E-state index contributed by atoms with van der Waals surface area (Å²) in [5, 5.41) is 6.64. The molecule has 37 heavy (non-hydrogen) atoms. The van der Waals surface area contributed by atoms with E-state index in [0.717, 1.165) is 16.6 Å². The Morgan fingerprint density at radius 2 is 1.41 bits per heavy atom. The largest absolute Gasteiger partial charge is 0.350 e. The Morgan fingerprint density at radius 1 is 0.811 bits per heavy atom. The van der Waals surface area contributed by atoms with Gasteiger partial charge in [-0.25, -0.2) is 0 Å². The molecule has 1 amide bonds. The van der Waals surface area contributed by atoms with Gasteiger partial charge in [-0.15, -0.1) is 0 Å². The Morgan fingerprint density at radius 3 is 2.05 bits per heavy atom. The smallest absolute Gasteiger partial charge is 0.227 e. The van der Waals surface area contributed by atoms with E-state index >= 15 is 0 Å². The van der Waals surface area contributed by atoms with Crippen molar-refractivity contribution in [3.8, 4) is 0 Å². The van der Waals surface area contributed by atoms with Crippen molar-refractivity contribution in [1.29, 1.82) is 0 Å². The van der Waals surface area contributed by atoms with E-state index in [0.29, 0.717) is 6.42 Å². The third-order valence-corrected chi connectivity index (χ3v) is 7.53. The number of amides is 1. The van der Waals surface area contributed by atoms with Gasteiger partial charge >= 0.3 is 0 Å². The molecular weight excluding hydrogens is 456 g/mol. The van der Waals surface area contributed by atoms with Crippen LogP contribution in [0.15, 0.2) is 97.5 Å². The number of pyridine rings is 1. The van der Waals surface area contributed by atoms with Gasteiger partial charge in [0.25, 0.3) is 0 Å². The van der Waals surface area contributed by atoms with Gasteiger partial charge in [0.1, 0.15) is 0 Å². The molecule has 1 unspecified atom stereocenters. The number of carbonyl (C=O) groups excluding carboxylic acids is 1. The van der Waals surface area contributed by atoms with Crippen molar-refractivity contribution >= 4 is 44.3 Å². The summed E-state index contributed by atoms with van der Waals surface area (Å²) in [6.45, 7) is 2.02. The number of fused-ring (bicyclic) bond motifs is 3. The molecule has 3 heterocycles. The zero-order valence-corrected chi connectivity index (χ0v) is 21.3. The number of anilines is 1. The van der Waals surface area contributed by atoms with Gasteiger partial charge in [0, 0.05) is 71.7 Å². The zero-order valence-electron chi connectivity index (χ0n) is 21.3. The summed E-state index contributed by atoms with van der Waals surface area (Å²) in [6.07, 6.45) is 6.91. The van der Waals surface area contributed by atoms with E-state index in [9.17, 15) is 4.79 Å². The van der Waals surface area contributed by atoms with Crippen LogP contribution in [0.25, 0.3) is 32.7 Å². The van der Waals surface area contributed by atoms with Crippen LogP contribution in [0.1, 0.15) is 30.4 Å². The molecule has 184 valence electrons. The van der Waals surface area contributed by atoms with E-state index in [1.54, 1.807) is 6.20 Å². The van der Waals surface area contributed by atoms with Crippen LogP contribution in [0.4, 0.5) is 5.69 Å². The number of nitrogens with one attached hydrogen (secondary N) is 1. The standard InChI is InChI=1S/C32H30N4O/c1-21(32(37)34-28-14-8-10-22-11-9-17-33-31(22)28)18-25(26-19-35(2)29-15-6-4-12-23(26)29)27-20-36(3)30-16-7-5-13-24(27)30/h4-17,19-21,25H,18H2,1-3H3,(H,34,37). The number of hydrogen-bond donors (Lipinski definition) is 1. The Balaban J connectivity index is 1.40. The molecule has 1 atom stereocenters. The highest BCUT2D eigenvalue weighted by molar-refractivity contribution is 6.01. The molecule has 5 nitrogen and oxygen atoms in total. The predicted octanol–water partition coefficient (Wildman–Crippen LogP) is 7.02. The lowest BCUT2D eigenvalue weighted by Gasteiger charge is -2.21. The first-order valence-electron chi connectivity index (χ1n) is 12.7. The van der Waals surface area contributed by atoms with E-state index in [1.807, 2.05) is 37.3 Å². The van der Waals surface area contributed by atoms with Gasteiger partial charge in [-0.3, -0.25) is 9.78 Å². The fourth-order valence-corrected chi connectivity index (χ4v) is 5.64. The van der Waals surface area contributed by atoms with E-state index in [-0.39, 0.29) is 17.7 Å². The highest BCUT2D eigenvalue weighted by Crippen LogP contribution is 2.40. The molecule has 6 rings (SSSR count). The quantitative estimate of drug-likeness (QED) is 0.275. The fraction of sp³-hybridized carbons (Fsp3) is 0.188. The third kappa shape index (κ3) is 4.06. The van der Waals surface area contributed by atoms with Crippen molar-refractivity contribution < 1.29 is 4.79 Å². The van der Waals surface area contributed by atoms with Crippen molar-refractivity contribution in [3.05, 3.63) is 109 Å². The molecule has 3 aromatic carbocycles. The maximum absolute atomic E-state index is 13.5. The summed E-state index contributed by atoms with van der Waals surface area (Å²) in [5.74, 6) is -0.158. The van der Waals surface area contributed by atoms with Crippen molar-refractivity contribution in [3.63, 3.8) is 0 Å². The number of benzene rings is 3. The lowest BCUT2D eigenvalue weighted by atomic mass is 9.83. The van der Waals surface area contributed by atoms with E-state index in [4.69, 9.17) is 0 Å². The average Bonchev–Trinajstić information content (AvgIpc) is 3.44. The van der Waals surface area contributed by atoms with Gasteiger partial charge in [0.2, 0.25) is 5.91 Å². The van der Waals surface area contributed by atoms with Gasteiger partial charge in [-0.05, 0) is 41.8 Å². The summed E-state index contributed by atoms with van der Waals surface area (Å²) in [7, 11) is 4.19. The molecule has 0 fully saturated rings. The Kier molecular flexibility index (Phi) is 5.76. The topological polar surface area (TPSA) is 51.9 Å². The van der Waals surface area contributed by atoms with Crippen LogP contribution in [-0.2, 0) is 18.9 Å². The minimum absolute atomic E-state index is 0.00336. The van der Waals surface area contributed by atoms with Crippen LogP contribution in [-0.4, -0.2) is 20.0 Å². The fourth-order valence-electron chi connectivity index (χ4n) is 5.64. The molecule has 0 aliphatic carbocycles. The lowest BCUT2D eigenvalue weighted by molar-refractivity contribution is -0.119. The number of para-hydroxylation sites is 3. The highest BCUT2D eigenvalue weighted by Gasteiger charge is 2.27. The Hall–Kier alpha value is -4.38. The maximum Gasteiger partial charge on any atom is 0.227 e. The highest BCUT2D eigenvalue weighted by atomic mass is 16.1. The Bertz CT molecular complexity index is 1670. The average molecular weight is 487 g/mol. The first-order chi connectivity index (χ1) is 18.0. The molecule has 0 aliphatic heterocycles. The number of hydrogen-bond acceptors (Lipinski definition) is 2. The molecule has 0 saturated carbocycles. The SMILES string of the molecule is CC(CC(c1cn(C)c2ccccc12)c1cn(C)c2ccccc12)C(=O)Nc1cccc2cccnc12. The summed E-state index contributed by atoms with van der Waals surface area (Å²) >= 11 is 0. The summed E-state index contributed by atoms with van der Waals surface area (Å²) in [4.78, 5) is 18.0. The zero-order chi connectivity index (χ0) is 25.5.